The van der Waals surface area contributed by atoms with Crippen LogP contribution < -0.4 is 5.32 Å². The van der Waals surface area contributed by atoms with Crippen LogP contribution in [0.1, 0.15) is 36.8 Å². The number of carbonyl (C=O) groups is 1. The van der Waals surface area contributed by atoms with E-state index in [2.05, 4.69) is 82.8 Å². The maximum Gasteiger partial charge on any atom is 0.217 e. The highest BCUT2D eigenvalue weighted by Gasteiger charge is 2.23. The monoisotopic (exact) mass is 379 g/mol. The molecule has 0 aromatic heterocycles. The number of piperidine rings is 1. The Kier molecular flexibility index (Phi) is 7.63. The molecule has 2 aromatic carbocycles. The van der Waals surface area contributed by atoms with E-state index < -0.39 is 0 Å². The van der Waals surface area contributed by atoms with Crippen LogP contribution in [-0.4, -0.2) is 55.0 Å². The average molecular weight is 380 g/mol. The van der Waals surface area contributed by atoms with E-state index in [1.807, 2.05) is 0 Å². The highest BCUT2D eigenvalue weighted by atomic mass is 16.1. The summed E-state index contributed by atoms with van der Waals surface area (Å²) in [5.74, 6) is 0.565. The molecule has 0 unspecified atom stereocenters. The highest BCUT2D eigenvalue weighted by Crippen LogP contribution is 2.21. The number of rotatable bonds is 8. The molecule has 1 amide bonds. The smallest absolute Gasteiger partial charge is 0.217 e. The Morgan fingerprint density at radius 2 is 1.68 bits per heavy atom. The van der Waals surface area contributed by atoms with Crippen molar-refractivity contribution < 1.29 is 4.79 Å². The number of likely N-dealkylation sites (tertiary alicyclic amines) is 1. The van der Waals surface area contributed by atoms with Crippen molar-refractivity contribution in [1.29, 1.82) is 0 Å². The molecule has 0 bridgehead atoms. The van der Waals surface area contributed by atoms with Crippen molar-refractivity contribution in [3.05, 3.63) is 71.8 Å². The van der Waals surface area contributed by atoms with Gasteiger partial charge in [-0.3, -0.25) is 4.79 Å². The summed E-state index contributed by atoms with van der Waals surface area (Å²) in [5.41, 5.74) is 2.76. The number of carbonyl (C=O) groups excluding carboxylic acids is 1. The number of likely N-dealkylation sites (N-methyl/N-ethyl adjacent to an activating group) is 1. The number of nitrogens with zero attached hydrogens (tertiary/aromatic N) is 2. The van der Waals surface area contributed by atoms with Crippen LogP contribution >= 0.6 is 0 Å². The van der Waals surface area contributed by atoms with Crippen molar-refractivity contribution in [2.45, 2.75) is 38.3 Å². The standard InChI is InChI=1S/C24H33N3O/c1-20(28)25-24-13-15-27(16-14-24)19-23(22-11-7-4-8-12-22)18-26(2)17-21-9-5-3-6-10-21/h3-12,23-24H,13-19H2,1-2H3,(H,25,28)/t23-/m0/s1. The van der Waals surface area contributed by atoms with Gasteiger partial charge in [0.1, 0.15) is 0 Å². The van der Waals surface area contributed by atoms with E-state index in [-0.39, 0.29) is 5.91 Å². The fourth-order valence-electron chi connectivity index (χ4n) is 4.19. The first kappa shape index (κ1) is 20.6. The van der Waals surface area contributed by atoms with Gasteiger partial charge in [-0.15, -0.1) is 0 Å². The lowest BCUT2D eigenvalue weighted by atomic mass is 9.96. The molecule has 1 fully saturated rings. The van der Waals surface area contributed by atoms with Crippen LogP contribution in [0.2, 0.25) is 0 Å². The van der Waals surface area contributed by atoms with E-state index in [0.29, 0.717) is 12.0 Å². The SMILES string of the molecule is CC(=O)NC1CCN(C[C@H](CN(C)Cc2ccccc2)c2ccccc2)CC1. The summed E-state index contributed by atoms with van der Waals surface area (Å²) in [7, 11) is 2.21. The molecule has 28 heavy (non-hydrogen) atoms. The van der Waals surface area contributed by atoms with E-state index in [9.17, 15) is 4.79 Å². The fourth-order valence-corrected chi connectivity index (χ4v) is 4.19. The van der Waals surface area contributed by atoms with E-state index in [0.717, 1.165) is 45.6 Å². The van der Waals surface area contributed by atoms with Crippen LogP contribution in [0.5, 0.6) is 0 Å². The van der Waals surface area contributed by atoms with Crippen LogP contribution in [0.4, 0.5) is 0 Å². The predicted molar refractivity (Wildman–Crippen MR) is 115 cm³/mol. The Balaban J connectivity index is 1.59. The number of nitrogens with one attached hydrogen (secondary N) is 1. The third-order valence-corrected chi connectivity index (χ3v) is 5.57. The second-order valence-corrected chi connectivity index (χ2v) is 8.07. The van der Waals surface area contributed by atoms with Crippen molar-refractivity contribution >= 4 is 5.91 Å². The lowest BCUT2D eigenvalue weighted by Crippen LogP contribution is -2.45. The van der Waals surface area contributed by atoms with E-state index in [1.54, 1.807) is 6.92 Å². The second-order valence-electron chi connectivity index (χ2n) is 8.07. The Labute approximate surface area is 169 Å². The van der Waals surface area contributed by atoms with Crippen LogP contribution in [0.15, 0.2) is 60.7 Å². The topological polar surface area (TPSA) is 35.6 Å². The Morgan fingerprint density at radius 1 is 1.07 bits per heavy atom. The first-order chi connectivity index (χ1) is 13.6. The molecule has 1 atom stereocenters. The molecule has 0 spiro atoms. The van der Waals surface area contributed by atoms with Gasteiger partial charge in [0, 0.05) is 51.6 Å². The zero-order chi connectivity index (χ0) is 19.8. The molecule has 0 saturated carbocycles. The minimum absolute atomic E-state index is 0.0862. The molecular weight excluding hydrogens is 346 g/mol. The van der Waals surface area contributed by atoms with Gasteiger partial charge in [-0.25, -0.2) is 0 Å². The summed E-state index contributed by atoms with van der Waals surface area (Å²) in [6.45, 7) is 6.78. The summed E-state index contributed by atoms with van der Waals surface area (Å²) >= 11 is 0. The first-order valence-corrected chi connectivity index (χ1v) is 10.4. The minimum Gasteiger partial charge on any atom is -0.354 e. The van der Waals surface area contributed by atoms with Gasteiger partial charge >= 0.3 is 0 Å². The molecule has 1 heterocycles. The van der Waals surface area contributed by atoms with Gasteiger partial charge in [0.15, 0.2) is 0 Å². The molecular formula is C24H33N3O. The van der Waals surface area contributed by atoms with Gasteiger partial charge in [0.05, 0.1) is 0 Å². The van der Waals surface area contributed by atoms with E-state index >= 15 is 0 Å². The van der Waals surface area contributed by atoms with Gasteiger partial charge in [-0.1, -0.05) is 60.7 Å². The quantitative estimate of drug-likeness (QED) is 0.762. The van der Waals surface area contributed by atoms with E-state index in [4.69, 9.17) is 0 Å². The summed E-state index contributed by atoms with van der Waals surface area (Å²) in [6.07, 6.45) is 2.09. The molecule has 4 heteroatoms. The molecule has 4 nitrogen and oxygen atoms in total. The molecule has 150 valence electrons. The van der Waals surface area contributed by atoms with Gasteiger partial charge in [-0.2, -0.15) is 0 Å². The zero-order valence-corrected chi connectivity index (χ0v) is 17.2. The normalized spacial score (nSPS) is 16.8. The number of hydrogen-bond acceptors (Lipinski definition) is 3. The molecule has 0 aliphatic carbocycles. The lowest BCUT2D eigenvalue weighted by Gasteiger charge is -2.35. The number of benzene rings is 2. The third-order valence-electron chi connectivity index (χ3n) is 5.57. The van der Waals surface area contributed by atoms with Crippen molar-refractivity contribution in [3.63, 3.8) is 0 Å². The summed E-state index contributed by atoms with van der Waals surface area (Å²) < 4.78 is 0. The first-order valence-electron chi connectivity index (χ1n) is 10.4. The van der Waals surface area contributed by atoms with Crippen LogP contribution in [-0.2, 0) is 11.3 Å². The third kappa shape index (κ3) is 6.47. The van der Waals surface area contributed by atoms with Crippen molar-refractivity contribution in [2.24, 2.45) is 0 Å². The van der Waals surface area contributed by atoms with Crippen LogP contribution in [0, 0.1) is 0 Å². The molecule has 1 aliphatic rings. The molecule has 0 radical (unpaired) electrons. The van der Waals surface area contributed by atoms with Crippen LogP contribution in [0.25, 0.3) is 0 Å². The van der Waals surface area contributed by atoms with Gasteiger partial charge in [-0.05, 0) is 31.0 Å². The molecule has 2 aromatic rings. The minimum atomic E-state index is 0.0862. The second kappa shape index (κ2) is 10.4. The maximum absolute atomic E-state index is 11.3. The summed E-state index contributed by atoms with van der Waals surface area (Å²) in [5, 5.41) is 3.07. The predicted octanol–water partition coefficient (Wildman–Crippen LogP) is 3.50. The molecule has 3 rings (SSSR count). The summed E-state index contributed by atoms with van der Waals surface area (Å²) in [6, 6.07) is 21.9. The number of amides is 1. The fraction of sp³-hybridized carbons (Fsp3) is 0.458. The molecule has 1 aliphatic heterocycles. The largest absolute Gasteiger partial charge is 0.354 e. The van der Waals surface area contributed by atoms with Gasteiger partial charge in [0.25, 0.3) is 0 Å². The van der Waals surface area contributed by atoms with Crippen molar-refractivity contribution in [2.75, 3.05) is 33.2 Å². The van der Waals surface area contributed by atoms with Gasteiger partial charge < -0.3 is 15.1 Å². The van der Waals surface area contributed by atoms with Crippen molar-refractivity contribution in [3.8, 4) is 0 Å². The Bertz CT molecular complexity index is 711. The zero-order valence-electron chi connectivity index (χ0n) is 17.2. The average Bonchev–Trinajstić information content (AvgIpc) is 2.70. The Morgan fingerprint density at radius 3 is 2.29 bits per heavy atom. The highest BCUT2D eigenvalue weighted by molar-refractivity contribution is 5.73. The maximum atomic E-state index is 11.3. The van der Waals surface area contributed by atoms with E-state index in [1.165, 1.54) is 11.1 Å². The summed E-state index contributed by atoms with van der Waals surface area (Å²) in [4.78, 5) is 16.3. The van der Waals surface area contributed by atoms with Crippen LogP contribution in [0.3, 0.4) is 0 Å². The van der Waals surface area contributed by atoms with Gasteiger partial charge in [0.2, 0.25) is 5.91 Å². The Hall–Kier alpha value is -2.17. The lowest BCUT2D eigenvalue weighted by molar-refractivity contribution is -0.119. The number of hydrogen-bond donors (Lipinski definition) is 1. The molecule has 1 saturated heterocycles. The van der Waals surface area contributed by atoms with Crippen molar-refractivity contribution in [1.82, 2.24) is 15.1 Å². The molecule has 1 N–H and O–H groups in total.